The Hall–Kier alpha value is -0.820. The molecule has 0 heterocycles. The van der Waals surface area contributed by atoms with E-state index in [0.717, 1.165) is 0 Å². The van der Waals surface area contributed by atoms with Crippen molar-refractivity contribution in [1.29, 1.82) is 0 Å². The Morgan fingerprint density at radius 1 is 0.625 bits per heavy atom. The second-order valence-electron chi connectivity index (χ2n) is 7.43. The van der Waals surface area contributed by atoms with Gasteiger partial charge in [0.05, 0.1) is 0 Å². The van der Waals surface area contributed by atoms with Crippen molar-refractivity contribution in [1.82, 2.24) is 4.90 Å². The topological polar surface area (TPSA) is 3.24 Å². The normalized spacial score (nSPS) is 11.3. The molecule has 1 heteroatoms. The number of likely N-dealkylation sites (N-methyl/N-ethyl adjacent to an activating group) is 1. The van der Waals surface area contributed by atoms with Crippen molar-refractivity contribution in [2.24, 2.45) is 0 Å². The zero-order valence-electron chi connectivity index (χ0n) is 16.4. The molecule has 0 saturated heterocycles. The van der Waals surface area contributed by atoms with E-state index in [-0.39, 0.29) is 0 Å². The number of hydrogen-bond donors (Lipinski definition) is 0. The van der Waals surface area contributed by atoms with Crippen molar-refractivity contribution < 1.29 is 0 Å². The largest absolute Gasteiger partial charge is 0.306 e. The highest BCUT2D eigenvalue weighted by atomic mass is 15.1. The van der Waals surface area contributed by atoms with Gasteiger partial charge in [0, 0.05) is 6.54 Å². The fourth-order valence-electron chi connectivity index (χ4n) is 3.30. The van der Waals surface area contributed by atoms with Crippen LogP contribution in [0.15, 0.2) is 30.3 Å². The molecule has 0 saturated carbocycles. The first-order valence-corrected chi connectivity index (χ1v) is 10.6. The summed E-state index contributed by atoms with van der Waals surface area (Å²) in [6.45, 7) is 4.73. The van der Waals surface area contributed by atoms with Crippen molar-refractivity contribution in [2.75, 3.05) is 20.1 Å². The predicted octanol–water partition coefficient (Wildman–Crippen LogP) is 6.86. The Balaban J connectivity index is 1.81. The third-order valence-corrected chi connectivity index (χ3v) is 5.02. The second-order valence-corrected chi connectivity index (χ2v) is 7.43. The third kappa shape index (κ3) is 12.6. The molecule has 138 valence electrons. The maximum atomic E-state index is 2.49. The van der Waals surface area contributed by atoms with Gasteiger partial charge in [-0.1, -0.05) is 108 Å². The minimum Gasteiger partial charge on any atom is -0.306 e. The van der Waals surface area contributed by atoms with Crippen LogP contribution in [-0.2, 0) is 6.42 Å². The van der Waals surface area contributed by atoms with E-state index >= 15 is 0 Å². The summed E-state index contributed by atoms with van der Waals surface area (Å²) >= 11 is 0. The SMILES string of the molecule is CCCCCCCCCCCCCCN(C)CCc1ccccc1. The van der Waals surface area contributed by atoms with E-state index in [0.29, 0.717) is 0 Å². The smallest absolute Gasteiger partial charge is 0.00188 e. The molecular formula is C23H41N. The van der Waals surface area contributed by atoms with Crippen LogP contribution >= 0.6 is 0 Å². The van der Waals surface area contributed by atoms with Crippen LogP contribution in [0.3, 0.4) is 0 Å². The first-order chi connectivity index (χ1) is 11.8. The molecule has 0 amide bonds. The lowest BCUT2D eigenvalue weighted by molar-refractivity contribution is 0.327. The zero-order valence-corrected chi connectivity index (χ0v) is 16.4. The lowest BCUT2D eigenvalue weighted by atomic mass is 10.1. The summed E-state index contributed by atoms with van der Waals surface area (Å²) in [7, 11) is 2.27. The van der Waals surface area contributed by atoms with E-state index in [2.05, 4.69) is 49.2 Å². The highest BCUT2D eigenvalue weighted by Crippen LogP contribution is 2.12. The highest BCUT2D eigenvalue weighted by Gasteiger charge is 1.99. The average Bonchev–Trinajstić information content (AvgIpc) is 2.62. The fourth-order valence-corrected chi connectivity index (χ4v) is 3.30. The predicted molar refractivity (Wildman–Crippen MR) is 109 cm³/mol. The van der Waals surface area contributed by atoms with E-state index in [4.69, 9.17) is 0 Å². The number of nitrogens with zero attached hydrogens (tertiary/aromatic N) is 1. The van der Waals surface area contributed by atoms with Crippen molar-refractivity contribution >= 4 is 0 Å². The molecule has 0 unspecified atom stereocenters. The lowest BCUT2D eigenvalue weighted by Gasteiger charge is -2.16. The molecule has 0 bridgehead atoms. The standard InChI is InChI=1S/C23H41N/c1-3-4-5-6-7-8-9-10-11-12-13-17-21-24(2)22-20-23-18-15-14-16-19-23/h14-16,18-19H,3-13,17,20-22H2,1-2H3. The summed E-state index contributed by atoms with van der Waals surface area (Å²) < 4.78 is 0. The molecule has 0 fully saturated rings. The van der Waals surface area contributed by atoms with E-state index < -0.39 is 0 Å². The van der Waals surface area contributed by atoms with E-state index in [9.17, 15) is 0 Å². The van der Waals surface area contributed by atoms with Crippen molar-refractivity contribution in [2.45, 2.75) is 90.4 Å². The van der Waals surface area contributed by atoms with Gasteiger partial charge in [0.25, 0.3) is 0 Å². The maximum Gasteiger partial charge on any atom is 0.00188 e. The van der Waals surface area contributed by atoms with E-state index in [1.807, 2.05) is 0 Å². The van der Waals surface area contributed by atoms with Crippen LogP contribution in [0.1, 0.15) is 89.5 Å². The van der Waals surface area contributed by atoms with Crippen molar-refractivity contribution in [3.05, 3.63) is 35.9 Å². The third-order valence-electron chi connectivity index (χ3n) is 5.02. The molecule has 0 spiro atoms. The summed E-state index contributed by atoms with van der Waals surface area (Å²) in [6.07, 6.45) is 18.4. The van der Waals surface area contributed by atoms with Crippen LogP contribution in [0.5, 0.6) is 0 Å². The lowest BCUT2D eigenvalue weighted by Crippen LogP contribution is -2.22. The molecule has 1 rings (SSSR count). The number of rotatable bonds is 16. The Kier molecular flexibility index (Phi) is 13.9. The van der Waals surface area contributed by atoms with Gasteiger partial charge in [-0.15, -0.1) is 0 Å². The summed E-state index contributed by atoms with van der Waals surface area (Å²) in [6, 6.07) is 10.8. The summed E-state index contributed by atoms with van der Waals surface area (Å²) in [4.78, 5) is 2.49. The molecule has 0 aromatic heterocycles. The van der Waals surface area contributed by atoms with Crippen molar-refractivity contribution in [3.63, 3.8) is 0 Å². The Labute approximate surface area is 151 Å². The van der Waals surface area contributed by atoms with Gasteiger partial charge in [0.2, 0.25) is 0 Å². The number of unbranched alkanes of at least 4 members (excludes halogenated alkanes) is 11. The van der Waals surface area contributed by atoms with Gasteiger partial charge in [-0.3, -0.25) is 0 Å². The van der Waals surface area contributed by atoms with Gasteiger partial charge in [-0.2, -0.15) is 0 Å². The monoisotopic (exact) mass is 331 g/mol. The zero-order chi connectivity index (χ0) is 17.3. The van der Waals surface area contributed by atoms with Gasteiger partial charge in [-0.05, 0) is 32.0 Å². The van der Waals surface area contributed by atoms with E-state index in [1.165, 1.54) is 102 Å². The van der Waals surface area contributed by atoms with Crippen LogP contribution in [0.4, 0.5) is 0 Å². The number of hydrogen-bond acceptors (Lipinski definition) is 1. The number of benzene rings is 1. The fraction of sp³-hybridized carbons (Fsp3) is 0.739. The Bertz CT molecular complexity index is 360. The summed E-state index contributed by atoms with van der Waals surface area (Å²) in [5, 5.41) is 0. The molecule has 1 aromatic carbocycles. The molecule has 0 N–H and O–H groups in total. The van der Waals surface area contributed by atoms with Gasteiger partial charge < -0.3 is 4.90 Å². The van der Waals surface area contributed by atoms with E-state index in [1.54, 1.807) is 0 Å². The van der Waals surface area contributed by atoms with Crippen LogP contribution in [0, 0.1) is 0 Å². The van der Waals surface area contributed by atoms with Crippen LogP contribution < -0.4 is 0 Å². The van der Waals surface area contributed by atoms with Crippen LogP contribution in [-0.4, -0.2) is 25.0 Å². The molecule has 1 aromatic rings. The molecule has 0 aliphatic carbocycles. The maximum absolute atomic E-state index is 2.49. The highest BCUT2D eigenvalue weighted by molar-refractivity contribution is 5.14. The Morgan fingerprint density at radius 3 is 1.67 bits per heavy atom. The second kappa shape index (κ2) is 15.7. The minimum atomic E-state index is 1.18. The Morgan fingerprint density at radius 2 is 1.12 bits per heavy atom. The molecule has 1 nitrogen and oxygen atoms in total. The van der Waals surface area contributed by atoms with Crippen molar-refractivity contribution in [3.8, 4) is 0 Å². The quantitative estimate of drug-likeness (QED) is 0.299. The first-order valence-electron chi connectivity index (χ1n) is 10.6. The summed E-state index contributed by atoms with van der Waals surface area (Å²) in [5.74, 6) is 0. The molecule has 24 heavy (non-hydrogen) atoms. The average molecular weight is 332 g/mol. The minimum absolute atomic E-state index is 1.18. The van der Waals surface area contributed by atoms with Gasteiger partial charge in [0.1, 0.15) is 0 Å². The first kappa shape index (κ1) is 21.2. The van der Waals surface area contributed by atoms with Gasteiger partial charge in [0.15, 0.2) is 0 Å². The van der Waals surface area contributed by atoms with Crippen LogP contribution in [0.2, 0.25) is 0 Å². The molecule has 0 radical (unpaired) electrons. The molecule has 0 aliphatic rings. The molecular weight excluding hydrogens is 290 g/mol. The molecule has 0 atom stereocenters. The summed E-state index contributed by atoms with van der Waals surface area (Å²) in [5.41, 5.74) is 1.46. The molecule has 0 aliphatic heterocycles. The van der Waals surface area contributed by atoms with Crippen LogP contribution in [0.25, 0.3) is 0 Å². The van der Waals surface area contributed by atoms with Gasteiger partial charge in [-0.25, -0.2) is 0 Å². The van der Waals surface area contributed by atoms with Gasteiger partial charge >= 0.3 is 0 Å².